The first-order chi connectivity index (χ1) is 10.4. The Morgan fingerprint density at radius 3 is 2.95 bits per heavy atom. The highest BCUT2D eigenvalue weighted by atomic mass is 16.5. The third-order valence-electron chi connectivity index (χ3n) is 4.23. The minimum absolute atomic E-state index is 0.200. The SMILES string of the molecule is COCCNCC1CCOC1c1cccc2ccccc12. The van der Waals surface area contributed by atoms with Gasteiger partial charge in [-0.15, -0.1) is 0 Å². The maximum absolute atomic E-state index is 6.05. The van der Waals surface area contributed by atoms with E-state index in [4.69, 9.17) is 9.47 Å². The van der Waals surface area contributed by atoms with Crippen molar-refractivity contribution in [1.29, 1.82) is 0 Å². The van der Waals surface area contributed by atoms with Crippen molar-refractivity contribution in [2.24, 2.45) is 5.92 Å². The van der Waals surface area contributed by atoms with Gasteiger partial charge in [-0.1, -0.05) is 42.5 Å². The number of methoxy groups -OCH3 is 1. The van der Waals surface area contributed by atoms with Gasteiger partial charge in [0.25, 0.3) is 0 Å². The standard InChI is InChI=1S/C18H23NO2/c1-20-12-10-19-13-15-9-11-21-18(15)17-8-4-6-14-5-2-3-7-16(14)17/h2-8,15,18-19H,9-13H2,1H3. The molecule has 1 saturated heterocycles. The molecule has 2 aromatic rings. The predicted octanol–water partition coefficient (Wildman–Crippen LogP) is 3.15. The van der Waals surface area contributed by atoms with E-state index in [0.717, 1.165) is 32.7 Å². The van der Waals surface area contributed by atoms with Crippen LogP contribution in [0.25, 0.3) is 10.8 Å². The first-order valence-electron chi connectivity index (χ1n) is 7.69. The van der Waals surface area contributed by atoms with E-state index in [0.29, 0.717) is 5.92 Å². The van der Waals surface area contributed by atoms with Crippen LogP contribution in [0.1, 0.15) is 18.1 Å². The van der Waals surface area contributed by atoms with Gasteiger partial charge in [0, 0.05) is 32.7 Å². The Kier molecular flexibility index (Phi) is 4.86. The number of nitrogens with one attached hydrogen (secondary N) is 1. The van der Waals surface area contributed by atoms with Crippen molar-refractivity contribution in [2.75, 3.05) is 33.4 Å². The summed E-state index contributed by atoms with van der Waals surface area (Å²) in [5.41, 5.74) is 1.32. The highest BCUT2D eigenvalue weighted by Gasteiger charge is 2.30. The maximum Gasteiger partial charge on any atom is 0.0872 e. The highest BCUT2D eigenvalue weighted by molar-refractivity contribution is 5.86. The maximum atomic E-state index is 6.05. The first kappa shape index (κ1) is 14.5. The van der Waals surface area contributed by atoms with E-state index in [1.54, 1.807) is 7.11 Å². The van der Waals surface area contributed by atoms with Crippen LogP contribution in [0.2, 0.25) is 0 Å². The van der Waals surface area contributed by atoms with Gasteiger partial charge in [0.05, 0.1) is 12.7 Å². The topological polar surface area (TPSA) is 30.5 Å². The average Bonchev–Trinajstić information content (AvgIpc) is 2.99. The van der Waals surface area contributed by atoms with Gasteiger partial charge in [-0.3, -0.25) is 0 Å². The summed E-state index contributed by atoms with van der Waals surface area (Å²) in [7, 11) is 1.74. The summed E-state index contributed by atoms with van der Waals surface area (Å²) >= 11 is 0. The Bertz CT molecular complexity index is 579. The summed E-state index contributed by atoms with van der Waals surface area (Å²) in [5, 5.41) is 6.07. The van der Waals surface area contributed by atoms with Gasteiger partial charge in [-0.2, -0.15) is 0 Å². The second-order valence-corrected chi connectivity index (χ2v) is 5.61. The molecule has 2 atom stereocenters. The third kappa shape index (κ3) is 3.26. The van der Waals surface area contributed by atoms with Crippen LogP contribution in [0.4, 0.5) is 0 Å². The average molecular weight is 285 g/mol. The highest BCUT2D eigenvalue weighted by Crippen LogP contribution is 2.37. The van der Waals surface area contributed by atoms with E-state index in [-0.39, 0.29) is 6.10 Å². The monoisotopic (exact) mass is 285 g/mol. The Labute approximate surface area is 126 Å². The lowest BCUT2D eigenvalue weighted by Crippen LogP contribution is -2.27. The van der Waals surface area contributed by atoms with Crippen LogP contribution >= 0.6 is 0 Å². The Balaban J connectivity index is 1.77. The van der Waals surface area contributed by atoms with Crippen LogP contribution in [0.15, 0.2) is 42.5 Å². The van der Waals surface area contributed by atoms with E-state index in [1.165, 1.54) is 16.3 Å². The van der Waals surface area contributed by atoms with Crippen LogP contribution in [-0.4, -0.2) is 33.4 Å². The minimum atomic E-state index is 0.200. The molecule has 1 heterocycles. The number of rotatable bonds is 6. The molecule has 1 N–H and O–H groups in total. The lowest BCUT2D eigenvalue weighted by molar-refractivity contribution is 0.0910. The molecule has 21 heavy (non-hydrogen) atoms. The fraction of sp³-hybridized carbons (Fsp3) is 0.444. The largest absolute Gasteiger partial charge is 0.383 e. The minimum Gasteiger partial charge on any atom is -0.383 e. The van der Waals surface area contributed by atoms with E-state index >= 15 is 0 Å². The van der Waals surface area contributed by atoms with Crippen molar-refractivity contribution in [1.82, 2.24) is 5.32 Å². The van der Waals surface area contributed by atoms with Crippen LogP contribution in [0.5, 0.6) is 0 Å². The van der Waals surface area contributed by atoms with E-state index < -0.39 is 0 Å². The number of ether oxygens (including phenoxy) is 2. The van der Waals surface area contributed by atoms with Gasteiger partial charge in [0.2, 0.25) is 0 Å². The van der Waals surface area contributed by atoms with Gasteiger partial charge in [0.15, 0.2) is 0 Å². The second kappa shape index (κ2) is 7.03. The number of hydrogen-bond acceptors (Lipinski definition) is 3. The molecule has 0 saturated carbocycles. The summed E-state index contributed by atoms with van der Waals surface area (Å²) in [5.74, 6) is 0.535. The molecule has 1 aliphatic rings. The molecule has 3 nitrogen and oxygen atoms in total. The zero-order valence-electron chi connectivity index (χ0n) is 12.5. The molecule has 2 unspecified atom stereocenters. The molecule has 0 aromatic heterocycles. The fourth-order valence-electron chi connectivity index (χ4n) is 3.15. The van der Waals surface area contributed by atoms with Crippen molar-refractivity contribution in [3.63, 3.8) is 0 Å². The fourth-order valence-corrected chi connectivity index (χ4v) is 3.15. The van der Waals surface area contributed by atoms with Gasteiger partial charge in [-0.25, -0.2) is 0 Å². The molecule has 3 rings (SSSR count). The molecule has 1 aliphatic heterocycles. The van der Waals surface area contributed by atoms with E-state index in [1.807, 2.05) is 0 Å². The molecule has 2 aromatic carbocycles. The molecule has 0 radical (unpaired) electrons. The lowest BCUT2D eigenvalue weighted by Gasteiger charge is -2.21. The molecule has 0 spiro atoms. The van der Waals surface area contributed by atoms with Crippen LogP contribution < -0.4 is 5.32 Å². The van der Waals surface area contributed by atoms with Gasteiger partial charge < -0.3 is 14.8 Å². The summed E-state index contributed by atoms with van der Waals surface area (Å²) < 4.78 is 11.1. The normalized spacial score (nSPS) is 22.0. The van der Waals surface area contributed by atoms with E-state index in [9.17, 15) is 0 Å². The van der Waals surface area contributed by atoms with Crippen molar-refractivity contribution in [3.8, 4) is 0 Å². The first-order valence-corrected chi connectivity index (χ1v) is 7.69. The molecular weight excluding hydrogens is 262 g/mol. The summed E-state index contributed by atoms with van der Waals surface area (Å²) in [6.07, 6.45) is 1.32. The smallest absolute Gasteiger partial charge is 0.0872 e. The molecular formula is C18H23NO2. The van der Waals surface area contributed by atoms with Gasteiger partial charge in [-0.05, 0) is 22.8 Å². The molecule has 0 aliphatic carbocycles. The van der Waals surface area contributed by atoms with Crippen molar-refractivity contribution in [3.05, 3.63) is 48.0 Å². The number of fused-ring (bicyclic) bond motifs is 1. The van der Waals surface area contributed by atoms with Gasteiger partial charge >= 0.3 is 0 Å². The Morgan fingerprint density at radius 1 is 1.19 bits per heavy atom. The summed E-state index contributed by atoms with van der Waals surface area (Å²) in [6, 6.07) is 15.1. The van der Waals surface area contributed by atoms with Crippen LogP contribution in [0, 0.1) is 5.92 Å². The van der Waals surface area contributed by atoms with Crippen molar-refractivity contribution >= 4 is 10.8 Å². The molecule has 3 heteroatoms. The Morgan fingerprint density at radius 2 is 2.05 bits per heavy atom. The van der Waals surface area contributed by atoms with Crippen LogP contribution in [-0.2, 0) is 9.47 Å². The molecule has 1 fully saturated rings. The molecule has 112 valence electrons. The van der Waals surface area contributed by atoms with Gasteiger partial charge in [0.1, 0.15) is 0 Å². The summed E-state index contributed by atoms with van der Waals surface area (Å²) in [6.45, 7) is 3.49. The van der Waals surface area contributed by atoms with Crippen molar-refractivity contribution in [2.45, 2.75) is 12.5 Å². The molecule has 0 amide bonds. The second-order valence-electron chi connectivity index (χ2n) is 5.61. The van der Waals surface area contributed by atoms with Crippen LogP contribution in [0.3, 0.4) is 0 Å². The van der Waals surface area contributed by atoms with Crippen molar-refractivity contribution < 1.29 is 9.47 Å². The summed E-state index contributed by atoms with van der Waals surface area (Å²) in [4.78, 5) is 0. The van der Waals surface area contributed by atoms with E-state index in [2.05, 4.69) is 47.8 Å². The predicted molar refractivity (Wildman–Crippen MR) is 85.5 cm³/mol. The zero-order chi connectivity index (χ0) is 14.5. The Hall–Kier alpha value is -1.42. The molecule has 0 bridgehead atoms. The lowest BCUT2D eigenvalue weighted by atomic mass is 9.91. The number of benzene rings is 2. The quantitative estimate of drug-likeness (QED) is 0.827. The zero-order valence-corrected chi connectivity index (χ0v) is 12.5. The third-order valence-corrected chi connectivity index (χ3v) is 4.23. The number of hydrogen-bond donors (Lipinski definition) is 1.